The van der Waals surface area contributed by atoms with Crippen LogP contribution in [0, 0.1) is 16.7 Å². The molecule has 0 unspecified atom stereocenters. The van der Waals surface area contributed by atoms with Crippen molar-refractivity contribution in [1.82, 2.24) is 4.98 Å². The van der Waals surface area contributed by atoms with Crippen LogP contribution in [0.2, 0.25) is 0 Å². The van der Waals surface area contributed by atoms with Crippen molar-refractivity contribution >= 4 is 39.7 Å². The molecule has 1 amide bonds. The molecule has 8 heteroatoms. The first-order valence-electron chi connectivity index (χ1n) is 10.2. The molecule has 0 saturated heterocycles. The summed E-state index contributed by atoms with van der Waals surface area (Å²) in [4.78, 5) is 29.1. The van der Waals surface area contributed by atoms with Crippen molar-refractivity contribution in [3.63, 3.8) is 0 Å². The van der Waals surface area contributed by atoms with Crippen LogP contribution in [0.1, 0.15) is 31.2 Å². The van der Waals surface area contributed by atoms with Crippen molar-refractivity contribution in [2.24, 2.45) is 5.41 Å². The van der Waals surface area contributed by atoms with Crippen molar-refractivity contribution in [2.45, 2.75) is 25.7 Å². The maximum atomic E-state index is 12.8. The molecule has 7 nitrogen and oxygen atoms in total. The number of nitrogens with one attached hydrogen (secondary N) is 2. The van der Waals surface area contributed by atoms with E-state index in [4.69, 9.17) is 10.00 Å². The Morgan fingerprint density at radius 3 is 2.62 bits per heavy atom. The fraction of sp³-hybridized carbons (Fsp3) is 0.250. The third kappa shape index (κ3) is 4.63. The molecule has 0 bridgehead atoms. The van der Waals surface area contributed by atoms with Gasteiger partial charge < -0.3 is 15.4 Å². The zero-order chi connectivity index (χ0) is 22.6. The van der Waals surface area contributed by atoms with Gasteiger partial charge in [0.1, 0.15) is 0 Å². The van der Waals surface area contributed by atoms with Gasteiger partial charge in [-0.1, -0.05) is 18.6 Å². The van der Waals surface area contributed by atoms with Gasteiger partial charge in [-0.25, -0.2) is 4.98 Å². The molecule has 32 heavy (non-hydrogen) atoms. The molecule has 0 aliphatic heterocycles. The molecule has 0 spiro atoms. The summed E-state index contributed by atoms with van der Waals surface area (Å²) in [7, 11) is 1.34. The molecule has 1 aliphatic carbocycles. The SMILES string of the molecule is COC(=O)CC1(C(=O)Nc2nc(-c3cccc(Nc4ccc(C#N)cc4)c3)cs2)CCC1. The number of aromatic nitrogens is 1. The van der Waals surface area contributed by atoms with Crippen LogP contribution in [0.25, 0.3) is 11.3 Å². The van der Waals surface area contributed by atoms with Crippen LogP contribution >= 0.6 is 11.3 Å². The van der Waals surface area contributed by atoms with E-state index in [1.165, 1.54) is 18.4 Å². The lowest BCUT2D eigenvalue weighted by atomic mass is 9.66. The second-order valence-corrected chi connectivity index (χ2v) is 8.63. The normalized spacial score (nSPS) is 14.0. The van der Waals surface area contributed by atoms with Crippen molar-refractivity contribution < 1.29 is 14.3 Å². The summed E-state index contributed by atoms with van der Waals surface area (Å²) >= 11 is 1.35. The summed E-state index contributed by atoms with van der Waals surface area (Å²) in [5.74, 6) is -0.544. The predicted octanol–water partition coefficient (Wildman–Crippen LogP) is 5.10. The lowest BCUT2D eigenvalue weighted by Crippen LogP contribution is -2.43. The monoisotopic (exact) mass is 446 g/mol. The number of carbonyl (C=O) groups is 2. The highest BCUT2D eigenvalue weighted by atomic mass is 32.1. The molecule has 0 atom stereocenters. The molecule has 162 valence electrons. The van der Waals surface area contributed by atoms with Gasteiger partial charge in [-0.3, -0.25) is 9.59 Å². The number of methoxy groups -OCH3 is 1. The van der Waals surface area contributed by atoms with E-state index >= 15 is 0 Å². The molecular weight excluding hydrogens is 424 g/mol. The number of nitrogens with zero attached hydrogens (tertiary/aromatic N) is 2. The lowest BCUT2D eigenvalue weighted by Gasteiger charge is -2.38. The summed E-state index contributed by atoms with van der Waals surface area (Å²) in [6.07, 6.45) is 2.37. The van der Waals surface area contributed by atoms with Gasteiger partial charge in [-0.05, 0) is 49.2 Å². The fourth-order valence-electron chi connectivity index (χ4n) is 3.68. The maximum absolute atomic E-state index is 12.8. The Morgan fingerprint density at radius 2 is 1.97 bits per heavy atom. The largest absolute Gasteiger partial charge is 0.469 e. The molecule has 1 aliphatic rings. The second-order valence-electron chi connectivity index (χ2n) is 7.77. The number of benzene rings is 2. The fourth-order valence-corrected chi connectivity index (χ4v) is 4.40. The second kappa shape index (κ2) is 9.20. The molecule has 2 aromatic carbocycles. The standard InChI is InChI=1S/C24H22N4O3S/c1-31-21(29)13-24(10-3-11-24)22(30)28-23-27-20(15-32-23)17-4-2-5-19(12-17)26-18-8-6-16(14-25)7-9-18/h2,4-9,12,15,26H,3,10-11,13H2,1H3,(H,27,28,30). The van der Waals surface area contributed by atoms with Gasteiger partial charge in [0, 0.05) is 22.3 Å². The van der Waals surface area contributed by atoms with Gasteiger partial charge in [0.05, 0.1) is 36.3 Å². The Balaban J connectivity index is 1.45. The van der Waals surface area contributed by atoms with Crippen molar-refractivity contribution in [3.8, 4) is 17.3 Å². The van der Waals surface area contributed by atoms with E-state index in [2.05, 4.69) is 21.7 Å². The third-order valence-corrected chi connectivity index (χ3v) is 6.45. The first-order chi connectivity index (χ1) is 15.5. The minimum Gasteiger partial charge on any atom is -0.469 e. The number of hydrogen-bond donors (Lipinski definition) is 2. The summed E-state index contributed by atoms with van der Waals surface area (Å²) in [5, 5.41) is 17.5. The van der Waals surface area contributed by atoms with E-state index in [0.717, 1.165) is 29.1 Å². The Morgan fingerprint density at radius 1 is 1.19 bits per heavy atom. The first-order valence-corrected chi connectivity index (χ1v) is 11.1. The van der Waals surface area contributed by atoms with E-state index < -0.39 is 5.41 Å². The topological polar surface area (TPSA) is 104 Å². The summed E-state index contributed by atoms with van der Waals surface area (Å²) in [5.41, 5.74) is 3.35. The lowest BCUT2D eigenvalue weighted by molar-refractivity contribution is -0.149. The van der Waals surface area contributed by atoms with Crippen molar-refractivity contribution in [1.29, 1.82) is 5.26 Å². The van der Waals surface area contributed by atoms with E-state index in [-0.39, 0.29) is 18.3 Å². The van der Waals surface area contributed by atoms with E-state index in [1.807, 2.05) is 41.8 Å². The Kier molecular flexibility index (Phi) is 6.19. The quantitative estimate of drug-likeness (QED) is 0.490. The number of rotatable bonds is 7. The van der Waals surface area contributed by atoms with Crippen LogP contribution in [-0.4, -0.2) is 24.0 Å². The number of anilines is 3. The average Bonchev–Trinajstić information content (AvgIpc) is 3.25. The zero-order valence-electron chi connectivity index (χ0n) is 17.6. The van der Waals surface area contributed by atoms with Gasteiger partial charge in [-0.2, -0.15) is 5.26 Å². The van der Waals surface area contributed by atoms with Gasteiger partial charge in [-0.15, -0.1) is 11.3 Å². The minimum atomic E-state index is -0.691. The van der Waals surface area contributed by atoms with E-state index in [0.29, 0.717) is 23.5 Å². The summed E-state index contributed by atoms with van der Waals surface area (Å²) in [6, 6.07) is 17.1. The smallest absolute Gasteiger partial charge is 0.306 e. The van der Waals surface area contributed by atoms with Crippen molar-refractivity contribution in [2.75, 3.05) is 17.7 Å². The van der Waals surface area contributed by atoms with Gasteiger partial charge >= 0.3 is 5.97 Å². The maximum Gasteiger partial charge on any atom is 0.306 e. The highest BCUT2D eigenvalue weighted by Gasteiger charge is 2.46. The Labute approximate surface area is 190 Å². The molecule has 0 radical (unpaired) electrons. The predicted molar refractivity (Wildman–Crippen MR) is 124 cm³/mol. The number of carbonyl (C=O) groups excluding carboxylic acids is 2. The van der Waals surface area contributed by atoms with Crippen LogP contribution in [0.4, 0.5) is 16.5 Å². The highest BCUT2D eigenvalue weighted by molar-refractivity contribution is 7.14. The third-order valence-electron chi connectivity index (χ3n) is 5.69. The number of amides is 1. The first kappa shape index (κ1) is 21.5. The molecule has 1 saturated carbocycles. The molecule has 3 aromatic rings. The summed E-state index contributed by atoms with van der Waals surface area (Å²) in [6.45, 7) is 0. The van der Waals surface area contributed by atoms with Crippen molar-refractivity contribution in [3.05, 3.63) is 59.5 Å². The van der Waals surface area contributed by atoms with Crippen LogP contribution in [0.5, 0.6) is 0 Å². The van der Waals surface area contributed by atoms with Crippen LogP contribution in [0.3, 0.4) is 0 Å². The van der Waals surface area contributed by atoms with Crippen LogP contribution in [0.15, 0.2) is 53.9 Å². The highest BCUT2D eigenvalue weighted by Crippen LogP contribution is 2.45. The molecule has 1 heterocycles. The average molecular weight is 447 g/mol. The summed E-state index contributed by atoms with van der Waals surface area (Å²) < 4.78 is 4.76. The Bertz CT molecular complexity index is 1180. The number of hydrogen-bond acceptors (Lipinski definition) is 7. The van der Waals surface area contributed by atoms with Crippen LogP contribution < -0.4 is 10.6 Å². The molecule has 2 N–H and O–H groups in total. The Hall–Kier alpha value is -3.70. The van der Waals surface area contributed by atoms with E-state index in [1.54, 1.807) is 12.1 Å². The number of ether oxygens (including phenoxy) is 1. The number of esters is 1. The molecule has 4 rings (SSSR count). The van der Waals surface area contributed by atoms with Gasteiger partial charge in [0.15, 0.2) is 5.13 Å². The van der Waals surface area contributed by atoms with Gasteiger partial charge in [0.2, 0.25) is 5.91 Å². The number of thiazole rings is 1. The molecular formula is C24H22N4O3S. The molecule has 1 aromatic heterocycles. The van der Waals surface area contributed by atoms with Crippen LogP contribution in [-0.2, 0) is 14.3 Å². The zero-order valence-corrected chi connectivity index (χ0v) is 18.4. The van der Waals surface area contributed by atoms with Gasteiger partial charge in [0.25, 0.3) is 0 Å². The minimum absolute atomic E-state index is 0.0939. The van der Waals surface area contributed by atoms with E-state index in [9.17, 15) is 9.59 Å². The molecule has 1 fully saturated rings. The number of nitriles is 1.